The minimum atomic E-state index is -4.76. The molecule has 3 rings (SSSR count). The number of benzene rings is 1. The van der Waals surface area contributed by atoms with Crippen molar-refractivity contribution in [2.45, 2.75) is 6.18 Å². The molecule has 1 aliphatic rings. The molecule has 2 heterocycles. The normalized spacial score (nSPS) is 15.3. The highest BCUT2D eigenvalue weighted by molar-refractivity contribution is 7.80. The van der Waals surface area contributed by atoms with E-state index in [-0.39, 0.29) is 43.2 Å². The Morgan fingerprint density at radius 2 is 1.69 bits per heavy atom. The fourth-order valence-electron chi connectivity index (χ4n) is 3.28. The summed E-state index contributed by atoms with van der Waals surface area (Å²) in [5, 5.41) is 0. The number of nitrogens with zero attached hydrogens (tertiary/aromatic N) is 3. The highest BCUT2D eigenvalue weighted by atomic mass is 32.2. The molecule has 0 saturated carbocycles. The Morgan fingerprint density at radius 1 is 1.09 bits per heavy atom. The summed E-state index contributed by atoms with van der Waals surface area (Å²) in [6.45, 7) is 0.265. The number of halogens is 3. The Kier molecular flexibility index (Phi) is 6.99. The average molecular weight is 471 g/mol. The average Bonchev–Trinajstić information content (AvgIpc) is 2.77. The van der Waals surface area contributed by atoms with Crippen LogP contribution in [-0.4, -0.2) is 68.6 Å². The van der Waals surface area contributed by atoms with Gasteiger partial charge in [-0.3, -0.25) is 18.8 Å². The monoisotopic (exact) mass is 471 g/mol. The zero-order valence-corrected chi connectivity index (χ0v) is 17.5. The van der Waals surface area contributed by atoms with Crippen LogP contribution in [0, 0.1) is 0 Å². The number of hydrogen-bond donors (Lipinski definition) is 1. The van der Waals surface area contributed by atoms with Gasteiger partial charge >= 0.3 is 6.18 Å². The summed E-state index contributed by atoms with van der Waals surface area (Å²) < 4.78 is 68.4. The molecule has 2 aromatic rings. The number of rotatable bonds is 5. The standard InChI is InChI=1S/C19H19F3N4O5S/c1-31-15-11-12(24-32(29)30)4-5-13(15)17(27)25-7-9-26(10-8-25)18(28)14-3-2-6-23-16(14)19(20,21)22/h2-6,11,24H,7-10H2,1H3,(H,29,30)/p-1. The number of anilines is 1. The van der Waals surface area contributed by atoms with Gasteiger partial charge in [0.25, 0.3) is 11.8 Å². The molecule has 0 spiro atoms. The molecule has 1 N–H and O–H groups in total. The zero-order chi connectivity index (χ0) is 23.5. The second-order valence-electron chi connectivity index (χ2n) is 6.73. The third-order valence-corrected chi connectivity index (χ3v) is 5.20. The van der Waals surface area contributed by atoms with E-state index < -0.39 is 40.5 Å². The summed E-state index contributed by atoms with van der Waals surface area (Å²) in [4.78, 5) is 31.5. The molecule has 0 aliphatic carbocycles. The van der Waals surface area contributed by atoms with Gasteiger partial charge in [0.05, 0.1) is 18.2 Å². The Hall–Kier alpha value is -3.19. The summed E-state index contributed by atoms with van der Waals surface area (Å²) in [6.07, 6.45) is -3.79. The SMILES string of the molecule is COc1cc(NS(=O)[O-])ccc1C(=O)N1CCN(C(=O)c2cccnc2C(F)(F)F)CC1. The Morgan fingerprint density at radius 3 is 2.22 bits per heavy atom. The molecule has 0 bridgehead atoms. The molecule has 9 nitrogen and oxygen atoms in total. The largest absolute Gasteiger partial charge is 0.755 e. The topological polar surface area (TPSA) is 115 Å². The third kappa shape index (κ3) is 5.16. The van der Waals surface area contributed by atoms with E-state index in [2.05, 4.69) is 9.71 Å². The molecular formula is C19H18F3N4O5S-. The Bertz CT molecular complexity index is 1040. The number of carbonyl (C=O) groups excluding carboxylic acids is 2. The number of alkyl halides is 3. The van der Waals surface area contributed by atoms with Crippen LogP contribution in [0.25, 0.3) is 0 Å². The molecule has 13 heteroatoms. The van der Waals surface area contributed by atoms with Gasteiger partial charge in [0, 0.05) is 55.4 Å². The van der Waals surface area contributed by atoms with Crippen molar-refractivity contribution >= 4 is 28.8 Å². The van der Waals surface area contributed by atoms with Crippen LogP contribution >= 0.6 is 0 Å². The molecule has 1 aliphatic heterocycles. The van der Waals surface area contributed by atoms with Crippen LogP contribution in [0.1, 0.15) is 26.4 Å². The summed E-state index contributed by atoms with van der Waals surface area (Å²) in [5.74, 6) is -1.08. The van der Waals surface area contributed by atoms with Gasteiger partial charge in [0.15, 0.2) is 5.69 Å². The fraction of sp³-hybridized carbons (Fsp3) is 0.316. The number of piperazine rings is 1. The molecule has 1 fully saturated rings. The van der Waals surface area contributed by atoms with Gasteiger partial charge < -0.3 is 23.8 Å². The number of pyridine rings is 1. The van der Waals surface area contributed by atoms with Crippen LogP contribution < -0.4 is 9.46 Å². The number of methoxy groups -OCH3 is 1. The zero-order valence-electron chi connectivity index (χ0n) is 16.7. The van der Waals surface area contributed by atoms with Crippen LogP contribution in [0.2, 0.25) is 0 Å². The maximum Gasteiger partial charge on any atom is 0.434 e. The van der Waals surface area contributed by atoms with Crippen LogP contribution in [0.15, 0.2) is 36.5 Å². The summed E-state index contributed by atoms with van der Waals surface area (Å²) >= 11 is -2.54. The predicted molar refractivity (Wildman–Crippen MR) is 107 cm³/mol. The van der Waals surface area contributed by atoms with E-state index in [0.717, 1.165) is 12.3 Å². The summed E-state index contributed by atoms with van der Waals surface area (Å²) in [7, 11) is 1.33. The van der Waals surface area contributed by atoms with Crippen molar-refractivity contribution in [2.75, 3.05) is 38.0 Å². The van der Waals surface area contributed by atoms with Crippen LogP contribution in [0.4, 0.5) is 18.9 Å². The maximum absolute atomic E-state index is 13.2. The van der Waals surface area contributed by atoms with Gasteiger partial charge in [-0.25, -0.2) is 0 Å². The minimum absolute atomic E-state index is 0.0356. The van der Waals surface area contributed by atoms with E-state index in [4.69, 9.17) is 4.74 Å². The third-order valence-electron chi connectivity index (χ3n) is 4.79. The number of nitrogens with one attached hydrogen (secondary N) is 1. The number of ether oxygens (including phenoxy) is 1. The summed E-state index contributed by atoms with van der Waals surface area (Å²) in [6, 6.07) is 6.48. The first-order valence-electron chi connectivity index (χ1n) is 9.26. The van der Waals surface area contributed by atoms with Crippen molar-refractivity contribution in [3.8, 4) is 5.75 Å². The smallest absolute Gasteiger partial charge is 0.434 e. The first-order chi connectivity index (χ1) is 15.1. The highest BCUT2D eigenvalue weighted by Gasteiger charge is 2.38. The lowest BCUT2D eigenvalue weighted by Crippen LogP contribution is -2.51. The Labute approximate surface area is 183 Å². The number of amides is 2. The van der Waals surface area contributed by atoms with Gasteiger partial charge in [-0.2, -0.15) is 13.2 Å². The lowest BCUT2D eigenvalue weighted by atomic mass is 10.1. The molecule has 1 aromatic heterocycles. The molecule has 1 atom stereocenters. The summed E-state index contributed by atoms with van der Waals surface area (Å²) in [5.41, 5.74) is -1.40. The molecular weight excluding hydrogens is 453 g/mol. The van der Waals surface area contributed by atoms with E-state index in [9.17, 15) is 31.5 Å². The molecule has 1 saturated heterocycles. The lowest BCUT2D eigenvalue weighted by Gasteiger charge is -2.35. The fourth-order valence-corrected chi connectivity index (χ4v) is 3.60. The molecule has 1 unspecified atom stereocenters. The van der Waals surface area contributed by atoms with Crippen molar-refractivity contribution in [3.05, 3.63) is 53.3 Å². The van der Waals surface area contributed by atoms with Crippen LogP contribution in [0.3, 0.4) is 0 Å². The highest BCUT2D eigenvalue weighted by Crippen LogP contribution is 2.31. The lowest BCUT2D eigenvalue weighted by molar-refractivity contribution is -0.141. The van der Waals surface area contributed by atoms with Crippen molar-refractivity contribution in [2.24, 2.45) is 0 Å². The van der Waals surface area contributed by atoms with E-state index in [1.54, 1.807) is 0 Å². The second kappa shape index (κ2) is 9.53. The number of carbonyl (C=O) groups is 2. The first-order valence-corrected chi connectivity index (χ1v) is 10.3. The van der Waals surface area contributed by atoms with E-state index >= 15 is 0 Å². The predicted octanol–water partition coefficient (Wildman–Crippen LogP) is 1.91. The van der Waals surface area contributed by atoms with Gasteiger partial charge in [-0.05, 0) is 24.3 Å². The maximum atomic E-state index is 13.2. The van der Waals surface area contributed by atoms with Gasteiger partial charge in [0.1, 0.15) is 5.75 Å². The van der Waals surface area contributed by atoms with Gasteiger partial charge in [-0.15, -0.1) is 0 Å². The van der Waals surface area contributed by atoms with E-state index in [1.165, 1.54) is 41.2 Å². The van der Waals surface area contributed by atoms with E-state index in [0.29, 0.717) is 0 Å². The van der Waals surface area contributed by atoms with Crippen LogP contribution in [0.5, 0.6) is 5.75 Å². The molecule has 1 aromatic carbocycles. The molecule has 0 radical (unpaired) electrons. The second-order valence-corrected chi connectivity index (χ2v) is 7.41. The minimum Gasteiger partial charge on any atom is -0.755 e. The quantitative estimate of drug-likeness (QED) is 0.667. The number of hydrogen-bond acceptors (Lipinski definition) is 6. The van der Waals surface area contributed by atoms with Crippen LogP contribution in [-0.2, 0) is 17.4 Å². The van der Waals surface area contributed by atoms with Crippen molar-refractivity contribution < 1.29 is 36.3 Å². The first kappa shape index (κ1) is 23.5. The van der Waals surface area contributed by atoms with Crippen molar-refractivity contribution in [1.82, 2.24) is 14.8 Å². The number of aromatic nitrogens is 1. The molecule has 2 amide bonds. The van der Waals surface area contributed by atoms with Crippen molar-refractivity contribution in [3.63, 3.8) is 0 Å². The van der Waals surface area contributed by atoms with Gasteiger partial charge in [-0.1, -0.05) is 0 Å². The van der Waals surface area contributed by atoms with Crippen molar-refractivity contribution in [1.29, 1.82) is 0 Å². The molecule has 32 heavy (non-hydrogen) atoms. The van der Waals surface area contributed by atoms with E-state index in [1.807, 2.05) is 0 Å². The van der Waals surface area contributed by atoms with Gasteiger partial charge in [0.2, 0.25) is 0 Å². The molecule has 172 valence electrons. The Balaban J connectivity index is 1.71.